The van der Waals surface area contributed by atoms with Gasteiger partial charge in [-0.3, -0.25) is 0 Å². The van der Waals surface area contributed by atoms with Gasteiger partial charge in [0.1, 0.15) is 34.6 Å². The summed E-state index contributed by atoms with van der Waals surface area (Å²) in [5, 5.41) is 24.1. The Morgan fingerprint density at radius 1 is 0.710 bits per heavy atom. The first-order valence-electron chi connectivity index (χ1n) is 21.2. The van der Waals surface area contributed by atoms with E-state index in [2.05, 4.69) is 60.1 Å². The average Bonchev–Trinajstić information content (AvgIpc) is 4.11. The van der Waals surface area contributed by atoms with E-state index in [1.54, 1.807) is 44.5 Å². The van der Waals surface area contributed by atoms with Gasteiger partial charge >= 0.3 is 12.1 Å². The Balaban J connectivity index is 0.000000158. The summed E-state index contributed by atoms with van der Waals surface area (Å²) in [4.78, 5) is 42.6. The lowest BCUT2D eigenvalue weighted by Crippen LogP contribution is -2.33. The lowest BCUT2D eigenvalue weighted by molar-refractivity contribution is 0.176. The fraction of sp³-hybridized carbons (Fsp3) is 0.409. The minimum Gasteiger partial charge on any atom is -0.391 e. The first-order chi connectivity index (χ1) is 29.9. The monoisotopic (exact) mass is 958 g/mol. The van der Waals surface area contributed by atoms with Crippen molar-refractivity contribution in [2.45, 2.75) is 70.6 Å². The number of carbonyl (C=O) groups excluding carboxylic acids is 2. The van der Waals surface area contributed by atoms with Gasteiger partial charge in [0, 0.05) is 55.2 Å². The smallest absolute Gasteiger partial charge is 0.322 e. The van der Waals surface area contributed by atoms with E-state index in [1.807, 2.05) is 48.5 Å². The molecule has 18 heteroatoms. The standard InChI is InChI=1S/C23H27FN6O.C21H22FIN6O2/c1-15-5-8-28(14-15)23(31)26-19-13-25-30-9-6-21(27-22(19)30)29-7-3-4-20(29)17-10-16(2)11-18(24)12-17;22-14-8-13(9-15(23)10-14)18-2-1-5-28(18)19-4-7-29-20(26-19)17(11-24-29)25-21(31)27-6-3-16(30)12-27/h6,9-13,15,20H,3-5,7-8,14H2,1-2H3,(H,26,31);4,7-11,16,18,30H,1-3,5-6,12H2,(H,25,31)/t15-,20+;16-,18+/m00/s1. The second-order valence-corrected chi connectivity index (χ2v) is 18.0. The van der Waals surface area contributed by atoms with Crippen LogP contribution in [0.5, 0.6) is 0 Å². The molecule has 4 aromatic heterocycles. The summed E-state index contributed by atoms with van der Waals surface area (Å²) in [5.74, 6) is 1.66. The van der Waals surface area contributed by atoms with Crippen molar-refractivity contribution in [3.63, 3.8) is 0 Å². The zero-order valence-electron chi connectivity index (χ0n) is 34.6. The summed E-state index contributed by atoms with van der Waals surface area (Å²) in [6.07, 6.45) is 11.9. The van der Waals surface area contributed by atoms with E-state index < -0.39 is 6.10 Å². The number of β-amino-alcohol motifs (C(OH)–C–C–N with tert-alkyl or cyclic N) is 1. The number of rotatable bonds is 6. The molecule has 0 saturated carbocycles. The molecule has 3 N–H and O–H groups in total. The number of nitrogens with one attached hydrogen (secondary N) is 2. The molecule has 0 aliphatic carbocycles. The van der Waals surface area contributed by atoms with Crippen LogP contribution in [0.4, 0.5) is 41.4 Å². The number of aromatic nitrogens is 6. The van der Waals surface area contributed by atoms with Crippen molar-refractivity contribution in [2.75, 3.05) is 59.7 Å². The highest BCUT2D eigenvalue weighted by Crippen LogP contribution is 2.38. The third-order valence-corrected chi connectivity index (χ3v) is 12.8. The lowest BCUT2D eigenvalue weighted by atomic mass is 10.0. The third kappa shape index (κ3) is 8.84. The van der Waals surface area contributed by atoms with Gasteiger partial charge in [-0.15, -0.1) is 0 Å². The molecule has 0 unspecified atom stereocenters. The van der Waals surface area contributed by atoms with Crippen molar-refractivity contribution >= 4 is 69.0 Å². The third-order valence-electron chi connectivity index (χ3n) is 12.2. The second kappa shape index (κ2) is 17.6. The molecule has 10 rings (SSSR count). The molecule has 4 atom stereocenters. The molecule has 0 radical (unpaired) electrons. The summed E-state index contributed by atoms with van der Waals surface area (Å²) >= 11 is 2.14. The quantitative estimate of drug-likeness (QED) is 0.142. The maximum absolute atomic E-state index is 14.0. The molecule has 0 bridgehead atoms. The molecule has 0 spiro atoms. The molecule has 4 aliphatic heterocycles. The van der Waals surface area contributed by atoms with E-state index in [0.717, 1.165) is 90.2 Å². The highest BCUT2D eigenvalue weighted by Gasteiger charge is 2.31. The van der Waals surface area contributed by atoms with E-state index in [-0.39, 0.29) is 35.8 Å². The Morgan fingerprint density at radius 2 is 1.24 bits per heavy atom. The fourth-order valence-electron chi connectivity index (χ4n) is 9.15. The van der Waals surface area contributed by atoms with Gasteiger partial charge in [-0.05, 0) is 133 Å². The molecule has 4 saturated heterocycles. The molecule has 15 nitrogen and oxygen atoms in total. The highest BCUT2D eigenvalue weighted by molar-refractivity contribution is 14.1. The van der Waals surface area contributed by atoms with Gasteiger partial charge in [0.25, 0.3) is 0 Å². The number of carbonyl (C=O) groups is 2. The van der Waals surface area contributed by atoms with E-state index in [1.165, 1.54) is 6.07 Å². The van der Waals surface area contributed by atoms with E-state index >= 15 is 0 Å². The Hall–Kier alpha value is -5.63. The van der Waals surface area contributed by atoms with E-state index in [4.69, 9.17) is 9.97 Å². The second-order valence-electron chi connectivity index (χ2n) is 16.8. The number of nitrogens with zero attached hydrogens (tertiary/aromatic N) is 10. The first-order valence-corrected chi connectivity index (χ1v) is 22.3. The lowest BCUT2D eigenvalue weighted by Gasteiger charge is -2.26. The molecular weight excluding hydrogens is 909 g/mol. The number of urea groups is 2. The SMILES string of the molecule is Cc1cc(F)cc([C@H]2CCCN2c2ccn3ncc(NC(=O)N4CC[C@H](C)C4)c3n2)c1.O=C(Nc1cnn2ccc(N3CCC[C@@H]3c3cc(F)cc(I)c3)nc12)N1CC[C@H](O)C1. The van der Waals surface area contributed by atoms with Crippen LogP contribution < -0.4 is 20.4 Å². The zero-order chi connectivity index (χ0) is 43.1. The number of hydrogen-bond acceptors (Lipinski definition) is 9. The van der Waals surface area contributed by atoms with Crippen molar-refractivity contribution in [1.82, 2.24) is 39.0 Å². The Bertz CT molecular complexity index is 2410. The van der Waals surface area contributed by atoms with Crippen LogP contribution in [-0.2, 0) is 0 Å². The number of fused-ring (bicyclic) bond motifs is 2. The normalized spacial score (nSPS) is 21.3. The summed E-state index contributed by atoms with van der Waals surface area (Å²) in [6.45, 7) is 8.13. The molecule has 6 aromatic rings. The maximum atomic E-state index is 14.0. The Morgan fingerprint density at radius 3 is 1.74 bits per heavy atom. The van der Waals surface area contributed by atoms with Gasteiger partial charge in [-0.25, -0.2) is 37.4 Å². The van der Waals surface area contributed by atoms with Crippen LogP contribution >= 0.6 is 22.6 Å². The minimum atomic E-state index is -0.475. The van der Waals surface area contributed by atoms with Crippen molar-refractivity contribution in [2.24, 2.45) is 5.92 Å². The predicted molar refractivity (Wildman–Crippen MR) is 240 cm³/mol. The largest absolute Gasteiger partial charge is 0.391 e. The number of halogens is 3. The molecule has 2 aromatic carbocycles. The van der Waals surface area contributed by atoms with Crippen LogP contribution in [-0.4, -0.2) is 102 Å². The number of anilines is 4. The number of hydrogen-bond donors (Lipinski definition) is 3. The molecule has 324 valence electrons. The van der Waals surface area contributed by atoms with Crippen molar-refractivity contribution in [3.05, 3.63) is 105 Å². The molecule has 4 amide bonds. The van der Waals surface area contributed by atoms with Crippen LogP contribution in [0.3, 0.4) is 0 Å². The first kappa shape index (κ1) is 41.7. The van der Waals surface area contributed by atoms with Crippen LogP contribution in [0.15, 0.2) is 73.3 Å². The summed E-state index contributed by atoms with van der Waals surface area (Å²) in [5.41, 5.74) is 5.11. The van der Waals surface area contributed by atoms with E-state index in [9.17, 15) is 23.5 Å². The molecule has 4 fully saturated rings. The van der Waals surface area contributed by atoms with Crippen LogP contribution in [0.25, 0.3) is 11.3 Å². The van der Waals surface area contributed by atoms with E-state index in [0.29, 0.717) is 48.1 Å². The number of aryl methyl sites for hydroxylation is 1. The van der Waals surface area contributed by atoms with Gasteiger partial charge in [0.05, 0.1) is 30.6 Å². The Labute approximate surface area is 371 Å². The molecule has 8 heterocycles. The van der Waals surface area contributed by atoms with Crippen LogP contribution in [0.2, 0.25) is 0 Å². The minimum absolute atomic E-state index is 0.0474. The van der Waals surface area contributed by atoms with Crippen molar-refractivity contribution in [3.8, 4) is 0 Å². The van der Waals surface area contributed by atoms with Gasteiger partial charge in [0.15, 0.2) is 11.3 Å². The number of amides is 4. The van der Waals surface area contributed by atoms with Gasteiger partial charge in [-0.2, -0.15) is 10.2 Å². The predicted octanol–water partition coefficient (Wildman–Crippen LogP) is 7.81. The summed E-state index contributed by atoms with van der Waals surface area (Å²) < 4.78 is 32.2. The number of likely N-dealkylation sites (tertiary alicyclic amines) is 2. The highest BCUT2D eigenvalue weighted by atomic mass is 127. The summed E-state index contributed by atoms with van der Waals surface area (Å²) in [6, 6.07) is 13.9. The van der Waals surface area contributed by atoms with Gasteiger partial charge in [0.2, 0.25) is 0 Å². The number of benzene rings is 2. The van der Waals surface area contributed by atoms with Crippen molar-refractivity contribution < 1.29 is 23.5 Å². The maximum Gasteiger partial charge on any atom is 0.322 e. The number of aliphatic hydroxyl groups is 1. The van der Waals surface area contributed by atoms with Gasteiger partial charge < -0.3 is 35.3 Å². The van der Waals surface area contributed by atoms with Gasteiger partial charge in [-0.1, -0.05) is 13.0 Å². The molecule has 4 aliphatic rings. The van der Waals surface area contributed by atoms with Crippen LogP contribution in [0, 0.1) is 28.0 Å². The number of aliphatic hydroxyl groups excluding tert-OH is 1. The molecule has 62 heavy (non-hydrogen) atoms. The van der Waals surface area contributed by atoms with Crippen molar-refractivity contribution in [1.29, 1.82) is 0 Å². The average molecular weight is 959 g/mol. The summed E-state index contributed by atoms with van der Waals surface area (Å²) in [7, 11) is 0. The zero-order valence-corrected chi connectivity index (χ0v) is 36.8. The van der Waals surface area contributed by atoms with Crippen LogP contribution in [0.1, 0.15) is 74.2 Å². The molecular formula is C44H49F2IN12O3. The Kier molecular flexibility index (Phi) is 11.9. The fourth-order valence-corrected chi connectivity index (χ4v) is 9.81. The topological polar surface area (TPSA) is 152 Å².